The number of carboxylic acids is 2. The van der Waals surface area contributed by atoms with Crippen LogP contribution in [0.15, 0.2) is 0 Å². The van der Waals surface area contributed by atoms with Crippen LogP contribution in [-0.2, 0) is 9.59 Å². The fourth-order valence-corrected chi connectivity index (χ4v) is 0.830. The maximum atomic E-state index is 10.5. The van der Waals surface area contributed by atoms with Gasteiger partial charge in [0.2, 0.25) is 0 Å². The number of hydrogen-bond donors (Lipinski definition) is 4. The summed E-state index contributed by atoms with van der Waals surface area (Å²) >= 11 is 0. The van der Waals surface area contributed by atoms with E-state index in [1.807, 2.05) is 0 Å². The minimum Gasteiger partial charge on any atom is -0.480 e. The lowest BCUT2D eigenvalue weighted by Crippen LogP contribution is -2.56. The van der Waals surface area contributed by atoms with Gasteiger partial charge < -0.3 is 21.7 Å². The van der Waals surface area contributed by atoms with E-state index in [4.69, 9.17) is 21.7 Å². The van der Waals surface area contributed by atoms with Crippen molar-refractivity contribution in [2.75, 3.05) is 0 Å². The number of rotatable bonds is 4. The molecule has 0 rings (SSSR count). The van der Waals surface area contributed by atoms with Crippen LogP contribution < -0.4 is 11.5 Å². The molecule has 0 bridgehead atoms. The molecular weight excluding hydrogens is 176 g/mol. The molecule has 0 amide bonds. The zero-order chi connectivity index (χ0) is 10.8. The fraction of sp³-hybridized carbons (Fsp3) is 0.714. The highest BCUT2D eigenvalue weighted by molar-refractivity contribution is 5.79. The van der Waals surface area contributed by atoms with Gasteiger partial charge in [0.25, 0.3) is 0 Å². The van der Waals surface area contributed by atoms with Gasteiger partial charge in [-0.25, -0.2) is 0 Å². The Bertz CT molecular complexity index is 205. The summed E-state index contributed by atoms with van der Waals surface area (Å²) in [5, 5.41) is 17.1. The van der Waals surface area contributed by atoms with E-state index < -0.39 is 29.4 Å². The molecule has 0 saturated heterocycles. The van der Waals surface area contributed by atoms with Gasteiger partial charge >= 0.3 is 11.9 Å². The van der Waals surface area contributed by atoms with Gasteiger partial charge in [-0.3, -0.25) is 9.59 Å². The zero-order valence-corrected chi connectivity index (χ0v) is 7.52. The highest BCUT2D eigenvalue weighted by atomic mass is 16.4. The van der Waals surface area contributed by atoms with Crippen molar-refractivity contribution in [3.8, 4) is 0 Å². The molecule has 6 nitrogen and oxygen atoms in total. The third-order valence-corrected chi connectivity index (χ3v) is 2.14. The van der Waals surface area contributed by atoms with Gasteiger partial charge in [-0.15, -0.1) is 0 Å². The molecule has 76 valence electrons. The van der Waals surface area contributed by atoms with Crippen LogP contribution in [0.1, 0.15) is 13.8 Å². The van der Waals surface area contributed by atoms with E-state index in [-0.39, 0.29) is 0 Å². The second-order valence-corrected chi connectivity index (χ2v) is 3.45. The van der Waals surface area contributed by atoms with E-state index in [0.29, 0.717) is 0 Å². The molecule has 6 N–H and O–H groups in total. The van der Waals surface area contributed by atoms with Crippen molar-refractivity contribution in [3.63, 3.8) is 0 Å². The molecule has 0 spiro atoms. The van der Waals surface area contributed by atoms with Crippen molar-refractivity contribution >= 4 is 11.9 Å². The minimum absolute atomic E-state index is 1.18. The first-order valence-electron chi connectivity index (χ1n) is 3.68. The molecule has 0 aliphatic heterocycles. The van der Waals surface area contributed by atoms with Crippen LogP contribution in [0.4, 0.5) is 0 Å². The maximum absolute atomic E-state index is 10.5. The minimum atomic E-state index is -1.29. The molecule has 0 saturated carbocycles. The molecule has 13 heavy (non-hydrogen) atoms. The molecule has 0 heterocycles. The Morgan fingerprint density at radius 3 is 1.46 bits per heavy atom. The zero-order valence-electron chi connectivity index (χ0n) is 7.52. The Balaban J connectivity index is 4.74. The van der Waals surface area contributed by atoms with Crippen molar-refractivity contribution in [1.82, 2.24) is 0 Å². The van der Waals surface area contributed by atoms with Crippen LogP contribution in [0.5, 0.6) is 0 Å². The number of nitrogens with two attached hydrogens (primary N) is 2. The average molecular weight is 190 g/mol. The van der Waals surface area contributed by atoms with Gasteiger partial charge in [0, 0.05) is 5.41 Å². The van der Waals surface area contributed by atoms with Crippen LogP contribution in [-0.4, -0.2) is 34.2 Å². The monoisotopic (exact) mass is 190 g/mol. The van der Waals surface area contributed by atoms with Crippen molar-refractivity contribution in [1.29, 1.82) is 0 Å². The summed E-state index contributed by atoms with van der Waals surface area (Å²) < 4.78 is 0. The Hall–Kier alpha value is -1.14. The Morgan fingerprint density at radius 1 is 1.08 bits per heavy atom. The van der Waals surface area contributed by atoms with Gasteiger partial charge in [-0.1, -0.05) is 13.8 Å². The summed E-state index contributed by atoms with van der Waals surface area (Å²) in [5.74, 6) is -2.52. The third-order valence-electron chi connectivity index (χ3n) is 2.14. The quantitative estimate of drug-likeness (QED) is 0.442. The molecule has 0 aromatic rings. The molecule has 2 atom stereocenters. The Morgan fingerprint density at radius 2 is 1.31 bits per heavy atom. The van der Waals surface area contributed by atoms with Crippen molar-refractivity contribution in [3.05, 3.63) is 0 Å². The lowest BCUT2D eigenvalue weighted by Gasteiger charge is -2.31. The van der Waals surface area contributed by atoms with E-state index >= 15 is 0 Å². The summed E-state index contributed by atoms with van der Waals surface area (Å²) in [5.41, 5.74) is 9.40. The second kappa shape index (κ2) is 3.71. The molecule has 0 radical (unpaired) electrons. The second-order valence-electron chi connectivity index (χ2n) is 3.45. The van der Waals surface area contributed by atoms with Crippen molar-refractivity contribution < 1.29 is 19.8 Å². The SMILES string of the molecule is CC(C)(C(N)C(=O)O)C(N)C(=O)O. The van der Waals surface area contributed by atoms with Crippen molar-refractivity contribution in [2.24, 2.45) is 16.9 Å². The van der Waals surface area contributed by atoms with Gasteiger partial charge in [0.1, 0.15) is 12.1 Å². The van der Waals surface area contributed by atoms with Gasteiger partial charge in [-0.2, -0.15) is 0 Å². The average Bonchev–Trinajstić information content (AvgIpc) is 2.01. The molecule has 0 fully saturated rings. The highest BCUT2D eigenvalue weighted by Gasteiger charge is 2.41. The Labute approximate surface area is 75.5 Å². The maximum Gasteiger partial charge on any atom is 0.321 e. The molecule has 0 aliphatic rings. The largest absolute Gasteiger partial charge is 0.480 e. The number of hydrogen-bond acceptors (Lipinski definition) is 4. The first-order valence-corrected chi connectivity index (χ1v) is 3.68. The van der Waals surface area contributed by atoms with Crippen LogP contribution in [0.25, 0.3) is 0 Å². The normalized spacial score (nSPS) is 16.3. The molecule has 0 aromatic carbocycles. The predicted molar refractivity (Wildman–Crippen MR) is 45.0 cm³/mol. The molecule has 0 aromatic heterocycles. The van der Waals surface area contributed by atoms with E-state index in [1.165, 1.54) is 13.8 Å². The van der Waals surface area contributed by atoms with Crippen LogP contribution in [0.2, 0.25) is 0 Å². The smallest absolute Gasteiger partial charge is 0.321 e. The summed E-state index contributed by atoms with van der Waals surface area (Å²) in [6.45, 7) is 2.81. The van der Waals surface area contributed by atoms with E-state index in [0.717, 1.165) is 0 Å². The predicted octanol–water partition coefficient (Wildman–Crippen LogP) is -1.16. The Kier molecular flexibility index (Phi) is 3.39. The summed E-state index contributed by atoms with van der Waals surface area (Å²) in [4.78, 5) is 21.0. The topological polar surface area (TPSA) is 127 Å². The van der Waals surface area contributed by atoms with E-state index in [2.05, 4.69) is 0 Å². The van der Waals surface area contributed by atoms with E-state index in [9.17, 15) is 9.59 Å². The number of carbonyl (C=O) groups is 2. The first kappa shape index (κ1) is 11.9. The molecule has 0 aliphatic carbocycles. The summed E-state index contributed by atoms with van der Waals surface area (Å²) in [6.07, 6.45) is 0. The first-order chi connectivity index (χ1) is 5.71. The lowest BCUT2D eigenvalue weighted by atomic mass is 9.78. The number of aliphatic carboxylic acids is 2. The van der Waals surface area contributed by atoms with Gasteiger partial charge in [0.15, 0.2) is 0 Å². The highest BCUT2D eigenvalue weighted by Crippen LogP contribution is 2.23. The standard InChI is InChI=1S/C7H14N2O4/c1-7(2,3(8)5(10)11)4(9)6(12)13/h3-4H,8-9H2,1-2H3,(H,10,11)(H,12,13). The third kappa shape index (κ3) is 2.40. The summed E-state index contributed by atoms with van der Waals surface area (Å²) in [6, 6.07) is -2.59. The van der Waals surface area contributed by atoms with Gasteiger partial charge in [0.05, 0.1) is 0 Å². The molecular formula is C7H14N2O4. The molecule has 2 unspecified atom stereocenters. The van der Waals surface area contributed by atoms with Crippen molar-refractivity contribution in [2.45, 2.75) is 25.9 Å². The van der Waals surface area contributed by atoms with Crippen LogP contribution in [0.3, 0.4) is 0 Å². The van der Waals surface area contributed by atoms with E-state index in [1.54, 1.807) is 0 Å². The molecule has 6 heteroatoms. The van der Waals surface area contributed by atoms with Crippen LogP contribution >= 0.6 is 0 Å². The fourth-order valence-electron chi connectivity index (χ4n) is 0.830. The number of carboxylic acid groups (broad SMARTS) is 2. The summed E-state index contributed by atoms with van der Waals surface area (Å²) in [7, 11) is 0. The van der Waals surface area contributed by atoms with Crippen LogP contribution in [0, 0.1) is 5.41 Å². The lowest BCUT2D eigenvalue weighted by molar-refractivity contribution is -0.146. The van der Waals surface area contributed by atoms with Gasteiger partial charge in [-0.05, 0) is 0 Å².